The first kappa shape index (κ1) is 5.65. The molecule has 1 fully saturated rings. The fourth-order valence-electron chi connectivity index (χ4n) is 0.757. The van der Waals surface area contributed by atoms with Crippen LogP contribution in [0.5, 0.6) is 0 Å². The van der Waals surface area contributed by atoms with E-state index in [-0.39, 0.29) is 0 Å². The van der Waals surface area contributed by atoms with Gasteiger partial charge >= 0.3 is 0 Å². The SMILES string of the molecule is C#CCCC1CCO1. The van der Waals surface area contributed by atoms with E-state index in [0.29, 0.717) is 6.10 Å². The molecular weight excluding hydrogens is 100 g/mol. The molecule has 0 amide bonds. The Morgan fingerprint density at radius 2 is 2.50 bits per heavy atom. The van der Waals surface area contributed by atoms with Crippen LogP contribution in [-0.4, -0.2) is 12.7 Å². The van der Waals surface area contributed by atoms with Gasteiger partial charge in [0.2, 0.25) is 0 Å². The molecule has 1 aliphatic heterocycles. The Balaban J connectivity index is 1.95. The van der Waals surface area contributed by atoms with Gasteiger partial charge in [-0.15, -0.1) is 12.3 Å². The summed E-state index contributed by atoms with van der Waals surface area (Å²) in [6.45, 7) is 0.940. The second-order valence-electron chi connectivity index (χ2n) is 2.02. The number of hydrogen-bond donors (Lipinski definition) is 0. The van der Waals surface area contributed by atoms with Gasteiger partial charge in [0.15, 0.2) is 0 Å². The third-order valence-corrected chi connectivity index (χ3v) is 1.40. The Morgan fingerprint density at radius 3 is 2.88 bits per heavy atom. The lowest BCUT2D eigenvalue weighted by atomic mass is 10.1. The van der Waals surface area contributed by atoms with Crippen molar-refractivity contribution in [3.05, 3.63) is 0 Å². The minimum absolute atomic E-state index is 0.492. The maximum atomic E-state index is 5.14. The summed E-state index contributed by atoms with van der Waals surface area (Å²) in [5, 5.41) is 0. The standard InChI is InChI=1S/C7H10O/c1-2-3-4-7-5-6-8-7/h1,7H,3-6H2. The van der Waals surface area contributed by atoms with E-state index >= 15 is 0 Å². The van der Waals surface area contributed by atoms with Crippen molar-refractivity contribution in [2.24, 2.45) is 0 Å². The minimum Gasteiger partial charge on any atom is -0.378 e. The summed E-state index contributed by atoms with van der Waals surface area (Å²) < 4.78 is 5.14. The Hall–Kier alpha value is -0.480. The van der Waals surface area contributed by atoms with Gasteiger partial charge in [-0.25, -0.2) is 0 Å². The molecule has 1 saturated heterocycles. The normalized spacial score (nSPS) is 26.1. The predicted molar refractivity (Wildman–Crippen MR) is 32.4 cm³/mol. The average molecular weight is 110 g/mol. The number of ether oxygens (including phenoxy) is 1. The lowest BCUT2D eigenvalue weighted by Gasteiger charge is -2.25. The third-order valence-electron chi connectivity index (χ3n) is 1.40. The zero-order chi connectivity index (χ0) is 5.82. The van der Waals surface area contributed by atoms with Gasteiger partial charge in [0.1, 0.15) is 0 Å². The third kappa shape index (κ3) is 1.24. The van der Waals surface area contributed by atoms with Crippen molar-refractivity contribution in [3.63, 3.8) is 0 Å². The second-order valence-corrected chi connectivity index (χ2v) is 2.02. The summed E-state index contributed by atoms with van der Waals surface area (Å²) in [6, 6.07) is 0. The van der Waals surface area contributed by atoms with Gasteiger partial charge in [0.25, 0.3) is 0 Å². The van der Waals surface area contributed by atoms with E-state index in [4.69, 9.17) is 11.2 Å². The van der Waals surface area contributed by atoms with Crippen LogP contribution < -0.4 is 0 Å². The highest BCUT2D eigenvalue weighted by Crippen LogP contribution is 2.15. The molecule has 0 aromatic rings. The summed E-state index contributed by atoms with van der Waals surface area (Å²) in [5.74, 6) is 2.59. The number of terminal acetylenes is 1. The van der Waals surface area contributed by atoms with Crippen LogP contribution in [0.25, 0.3) is 0 Å². The van der Waals surface area contributed by atoms with Gasteiger partial charge in [-0.2, -0.15) is 0 Å². The zero-order valence-electron chi connectivity index (χ0n) is 4.89. The minimum atomic E-state index is 0.492. The first-order valence-electron chi connectivity index (χ1n) is 2.98. The van der Waals surface area contributed by atoms with E-state index in [1.807, 2.05) is 0 Å². The molecule has 1 heterocycles. The molecule has 0 spiro atoms. The van der Waals surface area contributed by atoms with Crippen molar-refractivity contribution < 1.29 is 4.74 Å². The number of hydrogen-bond acceptors (Lipinski definition) is 1. The molecular formula is C7H10O. The summed E-state index contributed by atoms with van der Waals surface area (Å²) >= 11 is 0. The van der Waals surface area contributed by atoms with Gasteiger partial charge in [0, 0.05) is 13.0 Å². The Morgan fingerprint density at radius 1 is 1.75 bits per heavy atom. The largest absolute Gasteiger partial charge is 0.378 e. The van der Waals surface area contributed by atoms with E-state index in [1.165, 1.54) is 6.42 Å². The van der Waals surface area contributed by atoms with Crippen LogP contribution in [0.15, 0.2) is 0 Å². The van der Waals surface area contributed by atoms with Gasteiger partial charge in [-0.3, -0.25) is 0 Å². The summed E-state index contributed by atoms with van der Waals surface area (Å²) in [7, 11) is 0. The maximum Gasteiger partial charge on any atom is 0.0606 e. The van der Waals surface area contributed by atoms with Crippen LogP contribution in [0, 0.1) is 12.3 Å². The molecule has 0 saturated carbocycles. The van der Waals surface area contributed by atoms with Crippen molar-refractivity contribution in [1.82, 2.24) is 0 Å². The van der Waals surface area contributed by atoms with Gasteiger partial charge < -0.3 is 4.74 Å². The quantitative estimate of drug-likeness (QED) is 0.485. The number of rotatable bonds is 2. The fourth-order valence-corrected chi connectivity index (χ4v) is 0.757. The molecule has 1 nitrogen and oxygen atoms in total. The highest BCUT2D eigenvalue weighted by Gasteiger charge is 2.15. The summed E-state index contributed by atoms with van der Waals surface area (Å²) in [6.07, 6.45) is 8.67. The van der Waals surface area contributed by atoms with E-state index < -0.39 is 0 Å². The first-order chi connectivity index (χ1) is 3.93. The Bertz CT molecular complexity index is 97.4. The smallest absolute Gasteiger partial charge is 0.0606 e. The molecule has 1 aliphatic rings. The van der Waals surface area contributed by atoms with Gasteiger partial charge in [-0.05, 0) is 12.8 Å². The van der Waals surface area contributed by atoms with E-state index in [2.05, 4.69) is 5.92 Å². The molecule has 1 rings (SSSR count). The molecule has 0 aromatic carbocycles. The highest BCUT2D eigenvalue weighted by molar-refractivity contribution is 4.85. The zero-order valence-corrected chi connectivity index (χ0v) is 4.89. The van der Waals surface area contributed by atoms with Crippen LogP contribution in [0.1, 0.15) is 19.3 Å². The van der Waals surface area contributed by atoms with Crippen molar-refractivity contribution in [1.29, 1.82) is 0 Å². The highest BCUT2D eigenvalue weighted by atomic mass is 16.5. The fraction of sp³-hybridized carbons (Fsp3) is 0.714. The molecule has 0 N–H and O–H groups in total. The van der Waals surface area contributed by atoms with Crippen molar-refractivity contribution in [2.45, 2.75) is 25.4 Å². The van der Waals surface area contributed by atoms with Crippen molar-refractivity contribution in [2.75, 3.05) is 6.61 Å². The first-order valence-corrected chi connectivity index (χ1v) is 2.98. The average Bonchev–Trinajstić information content (AvgIpc) is 1.63. The van der Waals surface area contributed by atoms with Gasteiger partial charge in [-0.1, -0.05) is 0 Å². The van der Waals surface area contributed by atoms with Crippen molar-refractivity contribution in [3.8, 4) is 12.3 Å². The molecule has 0 aromatic heterocycles. The van der Waals surface area contributed by atoms with E-state index in [1.54, 1.807) is 0 Å². The van der Waals surface area contributed by atoms with E-state index in [9.17, 15) is 0 Å². The molecule has 1 unspecified atom stereocenters. The molecule has 0 radical (unpaired) electrons. The molecule has 1 atom stereocenters. The van der Waals surface area contributed by atoms with Crippen LogP contribution in [-0.2, 0) is 4.74 Å². The second kappa shape index (κ2) is 2.74. The lowest BCUT2D eigenvalue weighted by molar-refractivity contribution is -0.0535. The topological polar surface area (TPSA) is 9.23 Å². The van der Waals surface area contributed by atoms with Crippen LogP contribution in [0.3, 0.4) is 0 Å². The Labute approximate surface area is 50.0 Å². The van der Waals surface area contributed by atoms with Crippen LogP contribution >= 0.6 is 0 Å². The molecule has 1 heteroatoms. The molecule has 0 bridgehead atoms. The van der Waals surface area contributed by atoms with Crippen LogP contribution in [0.4, 0.5) is 0 Å². The summed E-state index contributed by atoms with van der Waals surface area (Å²) in [4.78, 5) is 0. The Kier molecular flexibility index (Phi) is 1.93. The predicted octanol–water partition coefficient (Wildman–Crippen LogP) is 1.19. The molecule has 8 heavy (non-hydrogen) atoms. The maximum absolute atomic E-state index is 5.14. The summed E-state index contributed by atoms with van der Waals surface area (Å²) in [5.41, 5.74) is 0. The monoisotopic (exact) mass is 110 g/mol. The molecule has 44 valence electrons. The lowest BCUT2D eigenvalue weighted by Crippen LogP contribution is -2.26. The van der Waals surface area contributed by atoms with Crippen LogP contribution in [0.2, 0.25) is 0 Å². The molecule has 0 aliphatic carbocycles. The van der Waals surface area contributed by atoms with Gasteiger partial charge in [0.05, 0.1) is 6.10 Å². The van der Waals surface area contributed by atoms with E-state index in [0.717, 1.165) is 19.4 Å². The van der Waals surface area contributed by atoms with Crippen molar-refractivity contribution >= 4 is 0 Å².